The summed E-state index contributed by atoms with van der Waals surface area (Å²) in [5.41, 5.74) is -1.30. The largest absolute Gasteiger partial charge is 0.505 e. The Labute approximate surface area is 109 Å². The Balaban J connectivity index is 4.25. The van der Waals surface area contributed by atoms with Crippen LogP contribution in [0, 0.1) is 11.8 Å². The predicted molar refractivity (Wildman–Crippen MR) is 68.6 cm³/mol. The summed E-state index contributed by atoms with van der Waals surface area (Å²) in [6.45, 7) is 11.6. The molecule has 0 aromatic heterocycles. The highest BCUT2D eigenvalue weighted by atomic mass is 16.7. The molecule has 0 amide bonds. The van der Waals surface area contributed by atoms with Crippen LogP contribution in [0.3, 0.4) is 0 Å². The van der Waals surface area contributed by atoms with Gasteiger partial charge in [0, 0.05) is 11.8 Å². The van der Waals surface area contributed by atoms with Gasteiger partial charge >= 0.3 is 6.16 Å². The molecule has 2 unspecified atom stereocenters. The van der Waals surface area contributed by atoms with Crippen molar-refractivity contribution in [2.75, 3.05) is 13.2 Å². The summed E-state index contributed by atoms with van der Waals surface area (Å²) in [7, 11) is 0. The monoisotopic (exact) mass is 262 g/mol. The van der Waals surface area contributed by atoms with Crippen LogP contribution in [0.5, 0.6) is 0 Å². The highest BCUT2D eigenvalue weighted by Gasteiger charge is 2.31. The van der Waals surface area contributed by atoms with Crippen LogP contribution in [0.25, 0.3) is 0 Å². The zero-order chi connectivity index (χ0) is 14.6. The maximum atomic E-state index is 10.3. The van der Waals surface area contributed by atoms with Crippen molar-refractivity contribution >= 4 is 6.16 Å². The number of hydrogen-bond donors (Lipinski definition) is 2. The molecule has 2 atom stereocenters. The summed E-state index contributed by atoms with van der Waals surface area (Å²) < 4.78 is 10.3. The van der Waals surface area contributed by atoms with Gasteiger partial charge in [0.2, 0.25) is 0 Å². The quantitative estimate of drug-likeness (QED) is 0.689. The summed E-state index contributed by atoms with van der Waals surface area (Å²) in [5, 5.41) is 18.3. The molecular formula is C13H26O5. The third-order valence-corrected chi connectivity index (χ3v) is 3.55. The normalized spacial score (nSPS) is 16.2. The van der Waals surface area contributed by atoms with Gasteiger partial charge in [-0.2, -0.15) is 0 Å². The summed E-state index contributed by atoms with van der Waals surface area (Å²) in [6.07, 6.45) is -1.28. The van der Waals surface area contributed by atoms with E-state index < -0.39 is 17.4 Å². The molecule has 0 aliphatic rings. The van der Waals surface area contributed by atoms with Crippen molar-refractivity contribution in [3.8, 4) is 0 Å². The second kappa shape index (κ2) is 6.38. The Morgan fingerprint density at radius 2 is 1.61 bits per heavy atom. The molecule has 0 heterocycles. The maximum absolute atomic E-state index is 10.3. The molecule has 0 aliphatic heterocycles. The molecule has 0 saturated carbocycles. The molecule has 0 fully saturated rings. The molecule has 0 aromatic rings. The van der Waals surface area contributed by atoms with Gasteiger partial charge in [-0.3, -0.25) is 0 Å². The Hall–Kier alpha value is -0.810. The second-order valence-electron chi connectivity index (χ2n) is 5.95. The fraction of sp³-hybridized carbons (Fsp3) is 0.923. The van der Waals surface area contributed by atoms with Gasteiger partial charge in [0.15, 0.2) is 0 Å². The van der Waals surface area contributed by atoms with E-state index in [2.05, 4.69) is 4.74 Å². The second-order valence-corrected chi connectivity index (χ2v) is 5.95. The molecule has 0 spiro atoms. The zero-order valence-electron chi connectivity index (χ0n) is 12.2. The predicted octanol–water partition coefficient (Wildman–Crippen LogP) is 2.52. The molecule has 0 aromatic carbocycles. The third kappa shape index (κ3) is 6.21. The van der Waals surface area contributed by atoms with Crippen LogP contribution in [0.4, 0.5) is 4.79 Å². The first kappa shape index (κ1) is 17.2. The van der Waals surface area contributed by atoms with E-state index in [-0.39, 0.29) is 18.4 Å². The summed E-state index contributed by atoms with van der Waals surface area (Å²) in [5.74, 6) is -0.0769. The summed E-state index contributed by atoms with van der Waals surface area (Å²) >= 11 is 0. The fourth-order valence-corrected chi connectivity index (χ4v) is 1.08. The number of carbonyl (C=O) groups is 1. The first-order chi connectivity index (χ1) is 7.97. The lowest BCUT2D eigenvalue weighted by molar-refractivity contribution is -0.108. The molecule has 5 heteroatoms. The van der Waals surface area contributed by atoms with Gasteiger partial charge in [-0.05, 0) is 27.7 Å². The van der Waals surface area contributed by atoms with Crippen molar-refractivity contribution in [2.24, 2.45) is 11.8 Å². The lowest BCUT2D eigenvalue weighted by Crippen LogP contribution is -2.40. The molecule has 0 aliphatic carbocycles. The van der Waals surface area contributed by atoms with Gasteiger partial charge in [-0.25, -0.2) is 4.79 Å². The first-order valence-electron chi connectivity index (χ1n) is 6.19. The zero-order valence-corrected chi connectivity index (χ0v) is 12.2. The molecule has 5 nitrogen and oxygen atoms in total. The van der Waals surface area contributed by atoms with E-state index in [1.165, 1.54) is 0 Å². The smallest absolute Gasteiger partial charge is 0.450 e. The number of carboxylic acid groups (broad SMARTS) is 1. The maximum Gasteiger partial charge on any atom is 0.505 e. The lowest BCUT2D eigenvalue weighted by Gasteiger charge is -2.35. The average Bonchev–Trinajstić information content (AvgIpc) is 2.20. The number of ether oxygens (including phenoxy) is 2. The van der Waals surface area contributed by atoms with E-state index in [9.17, 15) is 9.90 Å². The van der Waals surface area contributed by atoms with Crippen molar-refractivity contribution in [2.45, 2.75) is 52.7 Å². The minimum absolute atomic E-state index is 0.00985. The average molecular weight is 262 g/mol. The van der Waals surface area contributed by atoms with Crippen LogP contribution in [0.15, 0.2) is 0 Å². The summed E-state index contributed by atoms with van der Waals surface area (Å²) in [6, 6.07) is 0. The van der Waals surface area contributed by atoms with Gasteiger partial charge in [0.1, 0.15) is 6.61 Å². The molecular weight excluding hydrogens is 236 g/mol. The van der Waals surface area contributed by atoms with Crippen LogP contribution in [-0.4, -0.2) is 40.8 Å². The van der Waals surface area contributed by atoms with E-state index in [0.717, 1.165) is 0 Å². The van der Waals surface area contributed by atoms with E-state index in [1.54, 1.807) is 13.8 Å². The molecule has 18 heavy (non-hydrogen) atoms. The Morgan fingerprint density at radius 1 is 1.11 bits per heavy atom. The van der Waals surface area contributed by atoms with Crippen LogP contribution < -0.4 is 0 Å². The Bertz CT molecular complexity index is 267. The van der Waals surface area contributed by atoms with E-state index in [4.69, 9.17) is 9.84 Å². The van der Waals surface area contributed by atoms with Gasteiger partial charge in [0.25, 0.3) is 0 Å². The van der Waals surface area contributed by atoms with Gasteiger partial charge in [-0.1, -0.05) is 13.8 Å². The van der Waals surface area contributed by atoms with Crippen LogP contribution >= 0.6 is 0 Å². The van der Waals surface area contributed by atoms with Gasteiger partial charge < -0.3 is 19.7 Å². The number of rotatable bonds is 7. The minimum Gasteiger partial charge on any atom is -0.450 e. The molecule has 0 saturated heterocycles. The lowest BCUT2D eigenvalue weighted by atomic mass is 9.91. The van der Waals surface area contributed by atoms with Crippen molar-refractivity contribution in [1.82, 2.24) is 0 Å². The third-order valence-electron chi connectivity index (χ3n) is 3.55. The van der Waals surface area contributed by atoms with Gasteiger partial charge in [0.05, 0.1) is 17.8 Å². The van der Waals surface area contributed by atoms with Crippen molar-refractivity contribution in [3.05, 3.63) is 0 Å². The Kier molecular flexibility index (Phi) is 6.10. The standard InChI is InChI=1S/C13H26O5/c1-9(12(3,4)16)8-18-13(5,6)10(2)7-17-11(14)15/h9-10,16H,7-8H2,1-6H3,(H,14,15). The van der Waals surface area contributed by atoms with Crippen molar-refractivity contribution < 1.29 is 24.5 Å². The van der Waals surface area contributed by atoms with E-state index in [0.29, 0.717) is 6.61 Å². The van der Waals surface area contributed by atoms with E-state index >= 15 is 0 Å². The van der Waals surface area contributed by atoms with Crippen molar-refractivity contribution in [1.29, 1.82) is 0 Å². The topological polar surface area (TPSA) is 76.0 Å². The first-order valence-corrected chi connectivity index (χ1v) is 6.19. The molecule has 0 radical (unpaired) electrons. The minimum atomic E-state index is -1.28. The van der Waals surface area contributed by atoms with Crippen LogP contribution in [0.1, 0.15) is 41.5 Å². The van der Waals surface area contributed by atoms with Crippen molar-refractivity contribution in [3.63, 3.8) is 0 Å². The van der Waals surface area contributed by atoms with E-state index in [1.807, 2.05) is 27.7 Å². The number of aliphatic hydroxyl groups is 1. The molecule has 108 valence electrons. The molecule has 0 rings (SSSR count). The van der Waals surface area contributed by atoms with Gasteiger partial charge in [-0.15, -0.1) is 0 Å². The highest BCUT2D eigenvalue weighted by molar-refractivity contribution is 5.56. The highest BCUT2D eigenvalue weighted by Crippen LogP contribution is 2.25. The Morgan fingerprint density at radius 3 is 2.00 bits per heavy atom. The molecule has 0 bridgehead atoms. The molecule has 2 N–H and O–H groups in total. The number of hydrogen-bond acceptors (Lipinski definition) is 4. The van der Waals surface area contributed by atoms with Crippen LogP contribution in [0.2, 0.25) is 0 Å². The van der Waals surface area contributed by atoms with Crippen LogP contribution in [-0.2, 0) is 9.47 Å². The SMILES string of the molecule is CC(COC(C)(C)C(C)COC(=O)O)C(C)(C)O. The fourth-order valence-electron chi connectivity index (χ4n) is 1.08. The summed E-state index contributed by atoms with van der Waals surface area (Å²) in [4.78, 5) is 10.3.